The Bertz CT molecular complexity index is 2890. The Morgan fingerprint density at radius 1 is 0.255 bits per heavy atom. The molecule has 0 atom stereocenters. The number of hydrogen-bond acceptors (Lipinski definition) is 6. The topological polar surface area (TPSA) is 64.5 Å². The summed E-state index contributed by atoms with van der Waals surface area (Å²) in [6, 6.07) is 64.6. The van der Waals surface area contributed by atoms with Gasteiger partial charge < -0.3 is 0 Å². The number of thiophene rings is 1. The minimum Gasteiger partial charge on any atom is -0.228 e. The van der Waals surface area contributed by atoms with Gasteiger partial charge in [-0.15, -0.1) is 11.3 Å². The highest BCUT2D eigenvalue weighted by Gasteiger charge is 2.16. The maximum Gasteiger partial charge on any atom is 0.164 e. The van der Waals surface area contributed by atoms with Crippen LogP contribution < -0.4 is 0 Å². The van der Waals surface area contributed by atoms with Gasteiger partial charge in [-0.3, -0.25) is 0 Å². The van der Waals surface area contributed by atoms with E-state index >= 15 is 0 Å². The van der Waals surface area contributed by atoms with Gasteiger partial charge in [0.1, 0.15) is 0 Å². The third-order valence-electron chi connectivity index (χ3n) is 9.77. The van der Waals surface area contributed by atoms with Gasteiger partial charge in [0.15, 0.2) is 23.3 Å². The van der Waals surface area contributed by atoms with Gasteiger partial charge in [-0.25, -0.2) is 24.9 Å². The van der Waals surface area contributed by atoms with Crippen LogP contribution in [-0.2, 0) is 0 Å². The summed E-state index contributed by atoms with van der Waals surface area (Å²) < 4.78 is 2.38. The van der Waals surface area contributed by atoms with Crippen LogP contribution in [0.15, 0.2) is 188 Å². The van der Waals surface area contributed by atoms with Crippen LogP contribution in [-0.4, -0.2) is 24.9 Å². The Labute approximate surface area is 322 Å². The fourth-order valence-corrected chi connectivity index (χ4v) is 8.06. The first-order chi connectivity index (χ1) is 27.2. The van der Waals surface area contributed by atoms with E-state index < -0.39 is 0 Å². The monoisotopic (exact) mass is 721 g/mol. The number of aromatic nitrogens is 5. The quantitative estimate of drug-likeness (QED) is 0.164. The van der Waals surface area contributed by atoms with Crippen LogP contribution in [0.25, 0.3) is 99.4 Å². The van der Waals surface area contributed by atoms with Gasteiger partial charge >= 0.3 is 0 Å². The molecule has 0 saturated carbocycles. The van der Waals surface area contributed by atoms with E-state index in [1.54, 1.807) is 11.3 Å². The Kier molecular flexibility index (Phi) is 8.28. The molecule has 0 aliphatic rings. The van der Waals surface area contributed by atoms with Crippen molar-refractivity contribution in [2.75, 3.05) is 0 Å². The number of hydrogen-bond donors (Lipinski definition) is 0. The summed E-state index contributed by atoms with van der Waals surface area (Å²) in [5.41, 5.74) is 10.0. The highest BCUT2D eigenvalue weighted by molar-refractivity contribution is 7.25. The zero-order valence-electron chi connectivity index (χ0n) is 29.5. The molecule has 10 aromatic rings. The molecule has 0 amide bonds. The molecule has 3 aromatic heterocycles. The molecule has 0 spiro atoms. The summed E-state index contributed by atoms with van der Waals surface area (Å²) in [6.07, 6.45) is 0. The highest BCUT2D eigenvalue weighted by Crippen LogP contribution is 2.39. The van der Waals surface area contributed by atoms with E-state index in [-0.39, 0.29) is 0 Å². The summed E-state index contributed by atoms with van der Waals surface area (Å²) in [4.78, 5) is 25.1. The fourth-order valence-electron chi connectivity index (χ4n) is 6.94. The first-order valence-corrected chi connectivity index (χ1v) is 19.0. The van der Waals surface area contributed by atoms with Gasteiger partial charge in [-0.1, -0.05) is 158 Å². The second-order valence-electron chi connectivity index (χ2n) is 13.3. The number of nitrogens with zero attached hydrogens (tertiary/aromatic N) is 5. The summed E-state index contributed by atoms with van der Waals surface area (Å²) >= 11 is 1.78. The molecule has 0 unspecified atom stereocenters. The SMILES string of the molecule is c1ccc(-c2ccc(-c3nc(-c4ccccc4)cc(-c4ccc5c(c4)sc4ccc(-c6nc(-c7ccccc7)nc(-c7ccccc7)n6)cc45)n3)cc2)cc1. The molecular formula is C49H31N5S. The molecule has 0 N–H and O–H groups in total. The van der Waals surface area contributed by atoms with Gasteiger partial charge in [0.05, 0.1) is 11.4 Å². The van der Waals surface area contributed by atoms with Crippen molar-refractivity contribution < 1.29 is 0 Å². The largest absolute Gasteiger partial charge is 0.228 e. The average molecular weight is 722 g/mol. The smallest absolute Gasteiger partial charge is 0.164 e. The van der Waals surface area contributed by atoms with E-state index in [0.29, 0.717) is 23.3 Å². The van der Waals surface area contributed by atoms with Gasteiger partial charge in [-0.05, 0) is 41.5 Å². The minimum atomic E-state index is 0.643. The molecule has 7 aromatic carbocycles. The van der Waals surface area contributed by atoms with E-state index in [1.165, 1.54) is 25.7 Å². The van der Waals surface area contributed by atoms with E-state index in [9.17, 15) is 0 Å². The zero-order chi connectivity index (χ0) is 36.6. The third kappa shape index (κ3) is 6.45. The van der Waals surface area contributed by atoms with Gasteiger partial charge in [0.25, 0.3) is 0 Å². The van der Waals surface area contributed by atoms with Crippen molar-refractivity contribution >= 4 is 31.5 Å². The molecule has 0 aliphatic carbocycles. The van der Waals surface area contributed by atoms with Gasteiger partial charge in [-0.2, -0.15) is 0 Å². The van der Waals surface area contributed by atoms with Gasteiger partial charge in [0, 0.05) is 53.6 Å². The van der Waals surface area contributed by atoms with E-state index in [2.05, 4.69) is 103 Å². The minimum absolute atomic E-state index is 0.643. The van der Waals surface area contributed by atoms with E-state index in [4.69, 9.17) is 24.9 Å². The molecular weight excluding hydrogens is 691 g/mol. The maximum atomic E-state index is 5.15. The first-order valence-electron chi connectivity index (χ1n) is 18.2. The van der Waals surface area contributed by atoms with Crippen molar-refractivity contribution in [2.24, 2.45) is 0 Å². The first kappa shape index (κ1) is 32.5. The van der Waals surface area contributed by atoms with Crippen molar-refractivity contribution in [3.05, 3.63) is 188 Å². The third-order valence-corrected chi connectivity index (χ3v) is 10.9. The predicted octanol–water partition coefficient (Wildman–Crippen LogP) is 12.7. The summed E-state index contributed by atoms with van der Waals surface area (Å²) in [5.74, 6) is 2.63. The highest BCUT2D eigenvalue weighted by atomic mass is 32.1. The zero-order valence-corrected chi connectivity index (χ0v) is 30.4. The Morgan fingerprint density at radius 2 is 0.673 bits per heavy atom. The maximum absolute atomic E-state index is 5.15. The van der Waals surface area contributed by atoms with Crippen molar-refractivity contribution in [1.29, 1.82) is 0 Å². The van der Waals surface area contributed by atoms with Crippen LogP contribution in [0.3, 0.4) is 0 Å². The van der Waals surface area contributed by atoms with Crippen LogP contribution in [0.2, 0.25) is 0 Å². The van der Waals surface area contributed by atoms with Crippen LogP contribution >= 0.6 is 11.3 Å². The lowest BCUT2D eigenvalue weighted by Crippen LogP contribution is -2.00. The predicted molar refractivity (Wildman–Crippen MR) is 226 cm³/mol. The summed E-state index contributed by atoms with van der Waals surface area (Å²) in [7, 11) is 0. The average Bonchev–Trinajstić information content (AvgIpc) is 3.65. The molecule has 0 aliphatic heterocycles. The number of fused-ring (bicyclic) bond motifs is 3. The summed E-state index contributed by atoms with van der Waals surface area (Å²) in [5, 5.41) is 2.35. The fraction of sp³-hybridized carbons (Fsp3) is 0. The van der Waals surface area contributed by atoms with Crippen molar-refractivity contribution in [3.63, 3.8) is 0 Å². The van der Waals surface area contributed by atoms with Crippen LogP contribution in [0.5, 0.6) is 0 Å². The number of rotatable bonds is 7. The van der Waals surface area contributed by atoms with Crippen molar-refractivity contribution in [3.8, 4) is 79.2 Å². The standard InChI is InChI=1S/C49H31N5S/c1-5-13-32(14-6-1)33-21-23-37(24-22-33)46-50-42(34-15-7-2-8-16-34)31-43(51-46)38-25-27-40-41-29-39(26-28-44(41)55-45(40)30-38)49-53-47(35-17-9-3-10-18-35)52-48(54-49)36-19-11-4-12-20-36/h1-31H. The van der Waals surface area contributed by atoms with Crippen LogP contribution in [0.4, 0.5) is 0 Å². The van der Waals surface area contributed by atoms with Gasteiger partial charge in [0.2, 0.25) is 0 Å². The van der Waals surface area contributed by atoms with Crippen LogP contribution in [0, 0.1) is 0 Å². The molecule has 0 saturated heterocycles. The lowest BCUT2D eigenvalue weighted by Gasteiger charge is -2.10. The van der Waals surface area contributed by atoms with E-state index in [0.717, 1.165) is 50.3 Å². The molecule has 55 heavy (non-hydrogen) atoms. The second kappa shape index (κ2) is 14.0. The summed E-state index contributed by atoms with van der Waals surface area (Å²) in [6.45, 7) is 0. The molecule has 3 heterocycles. The lowest BCUT2D eigenvalue weighted by molar-refractivity contribution is 1.07. The van der Waals surface area contributed by atoms with Crippen molar-refractivity contribution in [2.45, 2.75) is 0 Å². The van der Waals surface area contributed by atoms with E-state index in [1.807, 2.05) is 84.9 Å². The molecule has 0 fully saturated rings. The molecule has 258 valence electrons. The lowest BCUT2D eigenvalue weighted by atomic mass is 10.0. The molecule has 0 radical (unpaired) electrons. The molecule has 10 rings (SSSR count). The Hall–Kier alpha value is -7.15. The molecule has 6 heteroatoms. The van der Waals surface area contributed by atoms with Crippen LogP contribution in [0.1, 0.15) is 0 Å². The normalized spacial score (nSPS) is 11.3. The molecule has 5 nitrogen and oxygen atoms in total. The Balaban J connectivity index is 1.05. The number of benzene rings is 7. The Morgan fingerprint density at radius 3 is 1.27 bits per heavy atom. The molecule has 0 bridgehead atoms. The van der Waals surface area contributed by atoms with Crippen molar-refractivity contribution in [1.82, 2.24) is 24.9 Å². The second-order valence-corrected chi connectivity index (χ2v) is 14.4.